The van der Waals surface area contributed by atoms with Crippen molar-refractivity contribution in [2.45, 2.75) is 0 Å². The summed E-state index contributed by atoms with van der Waals surface area (Å²) in [6.07, 6.45) is 0. The first kappa shape index (κ1) is 27.1. The molecule has 220 valence electrons. The number of carbonyl (C=O) groups excluding carboxylic acids is 1. The zero-order chi connectivity index (χ0) is 31.3. The molecule has 0 fully saturated rings. The van der Waals surface area contributed by atoms with Crippen LogP contribution in [0.1, 0.15) is 15.9 Å². The van der Waals surface area contributed by atoms with Crippen molar-refractivity contribution in [3.8, 4) is 33.4 Å². The van der Waals surface area contributed by atoms with Gasteiger partial charge in [-0.3, -0.25) is 4.79 Å². The third kappa shape index (κ3) is 4.46. The lowest BCUT2D eigenvalue weighted by Crippen LogP contribution is -2.13. The minimum Gasteiger partial charge on any atom is -0.310 e. The number of hydrogen-bond donors (Lipinski definition) is 0. The van der Waals surface area contributed by atoms with E-state index in [4.69, 9.17) is 0 Å². The van der Waals surface area contributed by atoms with Crippen LogP contribution in [0.2, 0.25) is 0 Å². The minimum absolute atomic E-state index is 0.0657. The molecular weight excluding hydrogens is 571 g/mol. The number of anilines is 3. The van der Waals surface area contributed by atoms with Gasteiger partial charge in [0, 0.05) is 16.9 Å². The van der Waals surface area contributed by atoms with Crippen LogP contribution < -0.4 is 4.90 Å². The zero-order valence-electron chi connectivity index (χ0n) is 25.6. The lowest BCUT2D eigenvalue weighted by atomic mass is 9.97. The predicted molar refractivity (Wildman–Crippen MR) is 196 cm³/mol. The van der Waals surface area contributed by atoms with Gasteiger partial charge < -0.3 is 4.90 Å². The van der Waals surface area contributed by atoms with Crippen molar-refractivity contribution in [2.75, 3.05) is 4.90 Å². The van der Waals surface area contributed by atoms with Crippen LogP contribution in [0, 0.1) is 0 Å². The van der Waals surface area contributed by atoms with Gasteiger partial charge in [-0.1, -0.05) is 146 Å². The van der Waals surface area contributed by atoms with Gasteiger partial charge in [-0.2, -0.15) is 0 Å². The zero-order valence-corrected chi connectivity index (χ0v) is 25.6. The van der Waals surface area contributed by atoms with Crippen LogP contribution in [0.5, 0.6) is 0 Å². The Labute approximate surface area is 273 Å². The second kappa shape index (κ2) is 11.0. The summed E-state index contributed by atoms with van der Waals surface area (Å²) in [5, 5.41) is 4.90. The molecule has 0 aromatic heterocycles. The number of ketones is 1. The number of rotatable bonds is 5. The number of nitrogens with zero attached hydrogens (tertiary/aromatic N) is 1. The second-order valence-electron chi connectivity index (χ2n) is 12.1. The molecule has 0 unspecified atom stereocenters. The molecule has 0 bridgehead atoms. The van der Waals surface area contributed by atoms with Crippen molar-refractivity contribution < 1.29 is 4.79 Å². The smallest absolute Gasteiger partial charge is 0.196 e. The van der Waals surface area contributed by atoms with E-state index in [2.05, 4.69) is 157 Å². The SMILES string of the molecule is O=C1c2ccccc2-c2cccc(N(c3ccc(-c4cccc5ccccc45)cc3)c3ccc(-c4cccc5ccccc45)cc3)c21. The van der Waals surface area contributed by atoms with Crippen LogP contribution in [-0.4, -0.2) is 5.78 Å². The average Bonchev–Trinajstić information content (AvgIpc) is 3.44. The van der Waals surface area contributed by atoms with Gasteiger partial charge in [0.25, 0.3) is 0 Å². The highest BCUT2D eigenvalue weighted by Crippen LogP contribution is 2.46. The Kier molecular flexibility index (Phi) is 6.33. The molecule has 2 nitrogen and oxygen atoms in total. The standard InChI is InChI=1S/C45H29NO/c47-45-42-17-6-5-16-40(42)41-20-9-21-43(44(41)45)46(34-26-22-32(23-27-34)38-18-7-12-30-10-1-3-14-36(30)38)35-28-24-33(25-29-35)39-19-8-13-31-11-2-4-15-37(31)39/h1-29H. The summed E-state index contributed by atoms with van der Waals surface area (Å²) < 4.78 is 0. The summed E-state index contributed by atoms with van der Waals surface area (Å²) >= 11 is 0. The molecule has 0 saturated carbocycles. The van der Waals surface area contributed by atoms with Crippen molar-refractivity contribution in [3.05, 3.63) is 187 Å². The molecule has 47 heavy (non-hydrogen) atoms. The molecule has 0 saturated heterocycles. The van der Waals surface area contributed by atoms with Crippen molar-refractivity contribution >= 4 is 44.4 Å². The van der Waals surface area contributed by atoms with Gasteiger partial charge >= 0.3 is 0 Å². The first-order valence-electron chi connectivity index (χ1n) is 16.0. The quantitative estimate of drug-likeness (QED) is 0.196. The Morgan fingerprint density at radius 1 is 0.340 bits per heavy atom. The van der Waals surface area contributed by atoms with Gasteiger partial charge in [-0.15, -0.1) is 0 Å². The van der Waals surface area contributed by atoms with Gasteiger partial charge in [-0.05, 0) is 85.3 Å². The summed E-state index contributed by atoms with van der Waals surface area (Å²) in [5.74, 6) is 0.0657. The first-order chi connectivity index (χ1) is 23.2. The van der Waals surface area contributed by atoms with E-state index in [1.165, 1.54) is 32.7 Å². The maximum absolute atomic E-state index is 14.0. The molecule has 0 atom stereocenters. The highest BCUT2D eigenvalue weighted by Gasteiger charge is 2.31. The van der Waals surface area contributed by atoms with E-state index in [0.717, 1.165) is 50.4 Å². The Balaban J connectivity index is 1.19. The van der Waals surface area contributed by atoms with Crippen LogP contribution in [0.25, 0.3) is 54.9 Å². The average molecular weight is 600 g/mol. The van der Waals surface area contributed by atoms with E-state index in [1.54, 1.807) is 0 Å². The van der Waals surface area contributed by atoms with E-state index in [9.17, 15) is 4.79 Å². The van der Waals surface area contributed by atoms with Crippen molar-refractivity contribution in [2.24, 2.45) is 0 Å². The van der Waals surface area contributed by atoms with Crippen LogP contribution in [0.15, 0.2) is 176 Å². The Hall–Kier alpha value is -6.25. The first-order valence-corrected chi connectivity index (χ1v) is 16.0. The molecular formula is C45H29NO. The summed E-state index contributed by atoms with van der Waals surface area (Å²) in [5.41, 5.74) is 11.0. The summed E-state index contributed by atoms with van der Waals surface area (Å²) in [4.78, 5) is 16.2. The van der Waals surface area contributed by atoms with Crippen LogP contribution in [0.4, 0.5) is 17.1 Å². The van der Waals surface area contributed by atoms with Crippen molar-refractivity contribution in [3.63, 3.8) is 0 Å². The van der Waals surface area contributed by atoms with Gasteiger partial charge in [0.15, 0.2) is 5.78 Å². The monoisotopic (exact) mass is 599 g/mol. The van der Waals surface area contributed by atoms with E-state index in [0.29, 0.717) is 0 Å². The van der Waals surface area contributed by atoms with Gasteiger partial charge in [0.1, 0.15) is 0 Å². The van der Waals surface area contributed by atoms with Crippen molar-refractivity contribution in [1.82, 2.24) is 0 Å². The molecule has 1 aliphatic carbocycles. The van der Waals surface area contributed by atoms with E-state index >= 15 is 0 Å². The van der Waals surface area contributed by atoms with Crippen LogP contribution in [0.3, 0.4) is 0 Å². The fraction of sp³-hybridized carbons (Fsp3) is 0. The predicted octanol–water partition coefficient (Wildman–Crippen LogP) is 12.0. The Morgan fingerprint density at radius 3 is 1.34 bits per heavy atom. The van der Waals surface area contributed by atoms with Gasteiger partial charge in [0.2, 0.25) is 0 Å². The number of benzene rings is 8. The molecule has 0 N–H and O–H groups in total. The second-order valence-corrected chi connectivity index (χ2v) is 12.1. The van der Waals surface area contributed by atoms with Crippen LogP contribution in [-0.2, 0) is 0 Å². The number of fused-ring (bicyclic) bond motifs is 5. The van der Waals surface area contributed by atoms with Gasteiger partial charge in [-0.25, -0.2) is 0 Å². The molecule has 0 spiro atoms. The molecule has 2 heteroatoms. The molecule has 0 aliphatic heterocycles. The number of hydrogen-bond acceptors (Lipinski definition) is 2. The largest absolute Gasteiger partial charge is 0.310 e. The van der Waals surface area contributed by atoms with E-state index < -0.39 is 0 Å². The summed E-state index contributed by atoms with van der Waals surface area (Å²) in [6, 6.07) is 61.5. The lowest BCUT2D eigenvalue weighted by molar-refractivity contribution is 0.104. The normalized spacial score (nSPS) is 11.9. The summed E-state index contributed by atoms with van der Waals surface area (Å²) in [6.45, 7) is 0. The maximum Gasteiger partial charge on any atom is 0.196 e. The fourth-order valence-electron chi connectivity index (χ4n) is 7.20. The third-order valence-electron chi connectivity index (χ3n) is 9.42. The maximum atomic E-state index is 14.0. The fourth-order valence-corrected chi connectivity index (χ4v) is 7.20. The molecule has 8 aromatic carbocycles. The van der Waals surface area contributed by atoms with E-state index in [-0.39, 0.29) is 5.78 Å². The van der Waals surface area contributed by atoms with Gasteiger partial charge in [0.05, 0.1) is 11.3 Å². The lowest BCUT2D eigenvalue weighted by Gasteiger charge is -2.28. The summed E-state index contributed by atoms with van der Waals surface area (Å²) in [7, 11) is 0. The molecule has 9 rings (SSSR count). The molecule has 1 aliphatic rings. The minimum atomic E-state index is 0.0657. The third-order valence-corrected chi connectivity index (χ3v) is 9.42. The highest BCUT2D eigenvalue weighted by atomic mass is 16.1. The molecule has 8 aromatic rings. The van der Waals surface area contributed by atoms with Crippen LogP contribution >= 0.6 is 0 Å². The Bertz CT molecular complexity index is 2340. The van der Waals surface area contributed by atoms with E-state index in [1.807, 2.05) is 24.3 Å². The Morgan fingerprint density at radius 2 is 0.766 bits per heavy atom. The van der Waals surface area contributed by atoms with Crippen molar-refractivity contribution in [1.29, 1.82) is 0 Å². The molecule has 0 amide bonds. The topological polar surface area (TPSA) is 20.3 Å². The number of carbonyl (C=O) groups is 1. The molecule has 0 heterocycles. The molecule has 0 radical (unpaired) electrons. The highest BCUT2D eigenvalue weighted by molar-refractivity contribution is 6.25.